The molecule has 0 aromatic heterocycles. The molecule has 5 nitrogen and oxygen atoms in total. The Balaban J connectivity index is 2.17. The SMILES string of the molecule is CC(C)(C)C(=O)OCCC1COC(=O)O1. The van der Waals surface area contributed by atoms with E-state index < -0.39 is 11.6 Å². The molecule has 0 aliphatic carbocycles. The predicted molar refractivity (Wildman–Crippen MR) is 51.3 cm³/mol. The molecule has 86 valence electrons. The van der Waals surface area contributed by atoms with E-state index in [1.165, 1.54) is 0 Å². The summed E-state index contributed by atoms with van der Waals surface area (Å²) in [5, 5.41) is 0. The van der Waals surface area contributed by atoms with E-state index in [1.807, 2.05) is 0 Å². The van der Waals surface area contributed by atoms with Gasteiger partial charge in [-0.2, -0.15) is 0 Å². The van der Waals surface area contributed by atoms with Crippen molar-refractivity contribution in [3.63, 3.8) is 0 Å². The molecule has 0 saturated carbocycles. The van der Waals surface area contributed by atoms with Gasteiger partial charge in [-0.15, -0.1) is 0 Å². The fraction of sp³-hybridized carbons (Fsp3) is 0.800. The van der Waals surface area contributed by atoms with Crippen LogP contribution in [0.5, 0.6) is 0 Å². The van der Waals surface area contributed by atoms with Crippen molar-refractivity contribution in [3.8, 4) is 0 Å². The van der Waals surface area contributed by atoms with Crippen LogP contribution in [0.3, 0.4) is 0 Å². The van der Waals surface area contributed by atoms with Crippen molar-refractivity contribution in [2.45, 2.75) is 33.3 Å². The Morgan fingerprint density at radius 3 is 2.67 bits per heavy atom. The van der Waals surface area contributed by atoms with Gasteiger partial charge in [-0.1, -0.05) is 0 Å². The Labute approximate surface area is 88.7 Å². The van der Waals surface area contributed by atoms with E-state index in [4.69, 9.17) is 9.47 Å². The second-order valence-corrected chi connectivity index (χ2v) is 4.48. The number of ether oxygens (including phenoxy) is 3. The third kappa shape index (κ3) is 3.77. The minimum Gasteiger partial charge on any atom is -0.465 e. The van der Waals surface area contributed by atoms with E-state index in [0.717, 1.165) is 0 Å². The summed E-state index contributed by atoms with van der Waals surface area (Å²) >= 11 is 0. The van der Waals surface area contributed by atoms with E-state index in [1.54, 1.807) is 20.8 Å². The molecule has 5 heteroatoms. The highest BCUT2D eigenvalue weighted by atomic mass is 16.8. The van der Waals surface area contributed by atoms with E-state index in [2.05, 4.69) is 4.74 Å². The topological polar surface area (TPSA) is 61.8 Å². The van der Waals surface area contributed by atoms with Crippen molar-refractivity contribution in [2.75, 3.05) is 13.2 Å². The van der Waals surface area contributed by atoms with Gasteiger partial charge in [-0.05, 0) is 20.8 Å². The van der Waals surface area contributed by atoms with Gasteiger partial charge in [0.2, 0.25) is 0 Å². The first-order valence-electron chi connectivity index (χ1n) is 4.90. The van der Waals surface area contributed by atoms with Crippen LogP contribution in [0.15, 0.2) is 0 Å². The third-order valence-corrected chi connectivity index (χ3v) is 1.94. The molecule has 0 bridgehead atoms. The minimum absolute atomic E-state index is 0.242. The number of carbonyl (C=O) groups excluding carboxylic acids is 2. The zero-order chi connectivity index (χ0) is 11.5. The van der Waals surface area contributed by atoms with Crippen molar-refractivity contribution in [1.82, 2.24) is 0 Å². The molecule has 1 fully saturated rings. The lowest BCUT2D eigenvalue weighted by atomic mass is 9.97. The largest absolute Gasteiger partial charge is 0.508 e. The van der Waals surface area contributed by atoms with Crippen LogP contribution in [-0.4, -0.2) is 31.4 Å². The van der Waals surface area contributed by atoms with Gasteiger partial charge in [-0.3, -0.25) is 4.79 Å². The Morgan fingerprint density at radius 1 is 1.53 bits per heavy atom. The number of cyclic esters (lactones) is 2. The average molecular weight is 216 g/mol. The van der Waals surface area contributed by atoms with Crippen molar-refractivity contribution < 1.29 is 23.8 Å². The molecule has 1 saturated heterocycles. The zero-order valence-corrected chi connectivity index (χ0v) is 9.24. The molecule has 1 aliphatic heterocycles. The molecule has 15 heavy (non-hydrogen) atoms. The molecular formula is C10H16O5. The predicted octanol–water partition coefficient (Wildman–Crippen LogP) is 1.50. The second-order valence-electron chi connectivity index (χ2n) is 4.48. The van der Waals surface area contributed by atoms with Gasteiger partial charge in [0.15, 0.2) is 0 Å². The van der Waals surface area contributed by atoms with Crippen LogP contribution < -0.4 is 0 Å². The molecule has 1 aliphatic rings. The zero-order valence-electron chi connectivity index (χ0n) is 9.24. The van der Waals surface area contributed by atoms with Crippen LogP contribution in [-0.2, 0) is 19.0 Å². The van der Waals surface area contributed by atoms with Gasteiger partial charge in [0.05, 0.1) is 12.0 Å². The van der Waals surface area contributed by atoms with E-state index in [9.17, 15) is 9.59 Å². The fourth-order valence-corrected chi connectivity index (χ4v) is 1.01. The van der Waals surface area contributed by atoms with Gasteiger partial charge >= 0.3 is 12.1 Å². The lowest BCUT2D eigenvalue weighted by molar-refractivity contribution is -0.153. The van der Waals surface area contributed by atoms with Crippen LogP contribution >= 0.6 is 0 Å². The summed E-state index contributed by atoms with van der Waals surface area (Å²) in [6.45, 7) is 5.85. The Hall–Kier alpha value is -1.26. The third-order valence-electron chi connectivity index (χ3n) is 1.94. The second kappa shape index (κ2) is 4.51. The van der Waals surface area contributed by atoms with Crippen LogP contribution in [0.25, 0.3) is 0 Å². The maximum atomic E-state index is 11.3. The smallest absolute Gasteiger partial charge is 0.465 e. The number of carbonyl (C=O) groups is 2. The monoisotopic (exact) mass is 216 g/mol. The maximum absolute atomic E-state index is 11.3. The lowest BCUT2D eigenvalue weighted by Gasteiger charge is -2.16. The van der Waals surface area contributed by atoms with E-state index >= 15 is 0 Å². The average Bonchev–Trinajstić information content (AvgIpc) is 2.49. The van der Waals surface area contributed by atoms with Crippen molar-refractivity contribution >= 4 is 12.1 Å². The number of rotatable bonds is 3. The van der Waals surface area contributed by atoms with Crippen LogP contribution in [0.1, 0.15) is 27.2 Å². The highest BCUT2D eigenvalue weighted by molar-refractivity contribution is 5.75. The molecule has 0 aromatic rings. The first-order valence-corrected chi connectivity index (χ1v) is 4.90. The molecule has 0 spiro atoms. The van der Waals surface area contributed by atoms with Crippen molar-refractivity contribution in [3.05, 3.63) is 0 Å². The van der Waals surface area contributed by atoms with Crippen molar-refractivity contribution in [1.29, 1.82) is 0 Å². The first kappa shape index (κ1) is 11.8. The van der Waals surface area contributed by atoms with E-state index in [0.29, 0.717) is 6.42 Å². The van der Waals surface area contributed by atoms with Crippen LogP contribution in [0.4, 0.5) is 4.79 Å². The number of hydrogen-bond donors (Lipinski definition) is 0. The normalized spacial score (nSPS) is 20.7. The molecule has 1 heterocycles. The fourth-order valence-electron chi connectivity index (χ4n) is 1.01. The van der Waals surface area contributed by atoms with Crippen molar-refractivity contribution in [2.24, 2.45) is 5.41 Å². The van der Waals surface area contributed by atoms with E-state index in [-0.39, 0.29) is 25.3 Å². The van der Waals surface area contributed by atoms with Gasteiger partial charge < -0.3 is 14.2 Å². The van der Waals surface area contributed by atoms with Gasteiger partial charge in [-0.25, -0.2) is 4.79 Å². The summed E-state index contributed by atoms with van der Waals surface area (Å²) in [5.74, 6) is -0.257. The van der Waals surface area contributed by atoms with Gasteiger partial charge in [0.25, 0.3) is 0 Å². The summed E-state index contributed by atoms with van der Waals surface area (Å²) in [5.41, 5.74) is -0.497. The molecule has 0 aromatic carbocycles. The Morgan fingerprint density at radius 2 is 2.20 bits per heavy atom. The summed E-state index contributed by atoms with van der Waals surface area (Å²) in [6.07, 6.45) is -0.458. The Bertz CT molecular complexity index is 253. The summed E-state index contributed by atoms with van der Waals surface area (Å²) in [7, 11) is 0. The maximum Gasteiger partial charge on any atom is 0.508 e. The highest BCUT2D eigenvalue weighted by Crippen LogP contribution is 2.16. The lowest BCUT2D eigenvalue weighted by Crippen LogP contribution is -2.24. The summed E-state index contributed by atoms with van der Waals surface area (Å²) < 4.78 is 14.4. The molecule has 1 rings (SSSR count). The standard InChI is InChI=1S/C10H16O5/c1-10(2,3)8(11)13-5-4-7-6-14-9(12)15-7/h7H,4-6H2,1-3H3. The minimum atomic E-state index is -0.651. The molecule has 0 radical (unpaired) electrons. The molecule has 0 amide bonds. The first-order chi connectivity index (χ1) is 6.89. The number of esters is 1. The quantitative estimate of drug-likeness (QED) is 0.669. The van der Waals surface area contributed by atoms with Crippen LogP contribution in [0.2, 0.25) is 0 Å². The molecule has 1 unspecified atom stereocenters. The summed E-state index contributed by atoms with van der Waals surface area (Å²) in [6, 6.07) is 0. The molecule has 0 N–H and O–H groups in total. The van der Waals surface area contributed by atoms with Crippen LogP contribution in [0, 0.1) is 5.41 Å². The molecule has 1 atom stereocenters. The Kier molecular flexibility index (Phi) is 3.55. The van der Waals surface area contributed by atoms with Gasteiger partial charge in [0, 0.05) is 6.42 Å². The van der Waals surface area contributed by atoms with Gasteiger partial charge in [0.1, 0.15) is 12.7 Å². The number of hydrogen-bond acceptors (Lipinski definition) is 5. The highest BCUT2D eigenvalue weighted by Gasteiger charge is 2.26. The molecular weight excluding hydrogens is 200 g/mol. The summed E-state index contributed by atoms with van der Waals surface area (Å²) in [4.78, 5) is 21.9.